The average molecular weight is 480 g/mol. The minimum atomic E-state index is -4.62. The second-order valence-electron chi connectivity index (χ2n) is 9.34. The molecule has 0 bridgehead atoms. The van der Waals surface area contributed by atoms with Crippen molar-refractivity contribution in [3.05, 3.63) is 23.9 Å². The smallest absolute Gasteiger partial charge is 0.421 e. The van der Waals surface area contributed by atoms with Crippen LogP contribution in [0, 0.1) is 5.41 Å². The van der Waals surface area contributed by atoms with E-state index in [2.05, 4.69) is 10.3 Å². The molecular formula is C21H29ClF3N3O4. The number of carbonyl (C=O) groups is 2. The lowest BCUT2D eigenvalue weighted by Gasteiger charge is -2.37. The molecule has 180 valence electrons. The van der Waals surface area contributed by atoms with E-state index in [1.54, 1.807) is 34.6 Å². The van der Waals surface area contributed by atoms with Crippen molar-refractivity contribution in [1.82, 2.24) is 15.2 Å². The molecule has 11 heteroatoms. The number of rotatable bonds is 5. The van der Waals surface area contributed by atoms with E-state index in [1.165, 1.54) is 11.1 Å². The topological polar surface area (TPSA) is 80.8 Å². The van der Waals surface area contributed by atoms with Gasteiger partial charge in [-0.15, -0.1) is 11.6 Å². The van der Waals surface area contributed by atoms with E-state index in [1.807, 2.05) is 0 Å². The summed E-state index contributed by atoms with van der Waals surface area (Å²) >= 11 is 6.40. The van der Waals surface area contributed by atoms with Crippen LogP contribution in [-0.4, -0.2) is 58.6 Å². The highest BCUT2D eigenvalue weighted by Crippen LogP contribution is 2.35. The molecule has 0 radical (unpaired) electrons. The van der Waals surface area contributed by atoms with Crippen LogP contribution in [-0.2, 0) is 15.7 Å². The zero-order valence-electron chi connectivity index (χ0n) is 18.8. The zero-order chi connectivity index (χ0) is 24.3. The van der Waals surface area contributed by atoms with E-state index < -0.39 is 52.1 Å². The van der Waals surface area contributed by atoms with E-state index in [9.17, 15) is 22.8 Å². The molecule has 0 saturated carbocycles. The van der Waals surface area contributed by atoms with Gasteiger partial charge in [-0.2, -0.15) is 13.2 Å². The number of alkyl halides is 4. The number of carbonyl (C=O) groups excluding carboxylic acids is 2. The summed E-state index contributed by atoms with van der Waals surface area (Å²) in [6.07, 6.45) is -3.50. The van der Waals surface area contributed by atoms with Crippen LogP contribution < -0.4 is 10.1 Å². The van der Waals surface area contributed by atoms with Crippen LogP contribution in [0.25, 0.3) is 0 Å². The molecule has 2 rings (SSSR count). The number of amides is 2. The first-order valence-electron chi connectivity index (χ1n) is 10.2. The Labute approximate surface area is 190 Å². The van der Waals surface area contributed by atoms with Gasteiger partial charge in [-0.05, 0) is 53.2 Å². The molecule has 1 aromatic heterocycles. The van der Waals surface area contributed by atoms with Gasteiger partial charge in [0.05, 0.1) is 10.8 Å². The highest BCUT2D eigenvalue weighted by molar-refractivity contribution is 6.21. The summed E-state index contributed by atoms with van der Waals surface area (Å²) in [7, 11) is 0. The first kappa shape index (κ1) is 26.0. The SMILES string of the molecule is CC(C)(C)OC(=O)N1CCC(NC(=O)C(C)(C)COc2ncccc2C(F)(F)F)C(Cl)C1. The van der Waals surface area contributed by atoms with Gasteiger partial charge in [-0.3, -0.25) is 4.79 Å². The number of pyridine rings is 1. The lowest BCUT2D eigenvalue weighted by atomic mass is 9.92. The van der Waals surface area contributed by atoms with Crippen LogP contribution in [0.1, 0.15) is 46.6 Å². The summed E-state index contributed by atoms with van der Waals surface area (Å²) in [4.78, 5) is 30.1. The Bertz CT molecular complexity index is 827. The van der Waals surface area contributed by atoms with E-state index in [0.717, 1.165) is 12.1 Å². The molecular weight excluding hydrogens is 451 g/mol. The Morgan fingerprint density at radius 1 is 1.25 bits per heavy atom. The van der Waals surface area contributed by atoms with Gasteiger partial charge in [0.2, 0.25) is 11.8 Å². The summed E-state index contributed by atoms with van der Waals surface area (Å²) < 4.78 is 49.9. The van der Waals surface area contributed by atoms with Crippen LogP contribution in [0.5, 0.6) is 5.88 Å². The number of hydrogen-bond acceptors (Lipinski definition) is 5. The van der Waals surface area contributed by atoms with Crippen molar-refractivity contribution in [3.8, 4) is 5.88 Å². The Kier molecular flexibility index (Phi) is 7.91. The molecule has 2 heterocycles. The minimum Gasteiger partial charge on any atom is -0.476 e. The average Bonchev–Trinajstić information content (AvgIpc) is 2.66. The standard InChI is InChI=1S/C21H29ClF3N3O4/c1-19(2,3)32-18(30)28-10-8-15(14(22)11-28)27-17(29)20(4,5)12-31-16-13(21(23,24)25)7-6-9-26-16/h6-7,9,14-15H,8,10-12H2,1-5H3,(H,27,29). The maximum absolute atomic E-state index is 13.1. The predicted octanol–water partition coefficient (Wildman–Crippen LogP) is 4.24. The van der Waals surface area contributed by atoms with Crippen molar-refractivity contribution in [2.75, 3.05) is 19.7 Å². The largest absolute Gasteiger partial charge is 0.476 e. The third kappa shape index (κ3) is 7.15. The van der Waals surface area contributed by atoms with Crippen molar-refractivity contribution in [3.63, 3.8) is 0 Å². The van der Waals surface area contributed by atoms with Crippen LogP contribution in [0.3, 0.4) is 0 Å². The molecule has 0 spiro atoms. The van der Waals surface area contributed by atoms with Crippen molar-refractivity contribution in [1.29, 1.82) is 0 Å². The lowest BCUT2D eigenvalue weighted by molar-refractivity contribution is -0.139. The molecule has 1 fully saturated rings. The van der Waals surface area contributed by atoms with Crippen LogP contribution in [0.2, 0.25) is 0 Å². The molecule has 1 aromatic rings. The van der Waals surface area contributed by atoms with Gasteiger partial charge in [0.25, 0.3) is 0 Å². The number of likely N-dealkylation sites (tertiary alicyclic amines) is 1. The first-order chi connectivity index (χ1) is 14.6. The van der Waals surface area contributed by atoms with Gasteiger partial charge >= 0.3 is 12.3 Å². The summed E-state index contributed by atoms with van der Waals surface area (Å²) in [5, 5.41) is 2.27. The maximum Gasteiger partial charge on any atom is 0.421 e. The number of nitrogens with one attached hydrogen (secondary N) is 1. The molecule has 2 amide bonds. The molecule has 7 nitrogen and oxygen atoms in total. The monoisotopic (exact) mass is 479 g/mol. The van der Waals surface area contributed by atoms with E-state index >= 15 is 0 Å². The van der Waals surface area contributed by atoms with Crippen molar-refractivity contribution >= 4 is 23.6 Å². The molecule has 1 aliphatic rings. The fourth-order valence-electron chi connectivity index (χ4n) is 2.96. The number of piperidine rings is 1. The summed E-state index contributed by atoms with van der Waals surface area (Å²) in [6.45, 7) is 8.64. The maximum atomic E-state index is 13.1. The Balaban J connectivity index is 1.94. The number of nitrogens with zero attached hydrogens (tertiary/aromatic N) is 2. The molecule has 0 aromatic carbocycles. The van der Waals surface area contributed by atoms with Crippen LogP contribution in [0.4, 0.5) is 18.0 Å². The molecule has 1 aliphatic heterocycles. The van der Waals surface area contributed by atoms with E-state index in [0.29, 0.717) is 13.0 Å². The number of hydrogen-bond donors (Lipinski definition) is 1. The third-order valence-corrected chi connectivity index (χ3v) is 5.21. The van der Waals surface area contributed by atoms with Crippen molar-refractivity contribution in [2.45, 2.75) is 64.2 Å². The number of ether oxygens (including phenoxy) is 2. The fraction of sp³-hybridized carbons (Fsp3) is 0.667. The zero-order valence-corrected chi connectivity index (χ0v) is 19.5. The van der Waals surface area contributed by atoms with Crippen molar-refractivity contribution in [2.24, 2.45) is 5.41 Å². The fourth-order valence-corrected chi connectivity index (χ4v) is 3.31. The Morgan fingerprint density at radius 2 is 1.91 bits per heavy atom. The van der Waals surface area contributed by atoms with Gasteiger partial charge in [0.1, 0.15) is 17.8 Å². The second-order valence-corrected chi connectivity index (χ2v) is 9.90. The molecule has 32 heavy (non-hydrogen) atoms. The van der Waals surface area contributed by atoms with E-state index in [-0.39, 0.29) is 13.2 Å². The van der Waals surface area contributed by atoms with Gasteiger partial charge < -0.3 is 19.7 Å². The third-order valence-electron chi connectivity index (χ3n) is 4.77. The molecule has 1 saturated heterocycles. The highest BCUT2D eigenvalue weighted by atomic mass is 35.5. The highest BCUT2D eigenvalue weighted by Gasteiger charge is 2.38. The molecule has 2 atom stereocenters. The predicted molar refractivity (Wildman–Crippen MR) is 113 cm³/mol. The second kappa shape index (κ2) is 9.72. The molecule has 1 N–H and O–H groups in total. The number of halogens is 4. The van der Waals surface area contributed by atoms with Gasteiger partial charge in [0.15, 0.2) is 0 Å². The molecule has 2 unspecified atom stereocenters. The first-order valence-corrected chi connectivity index (χ1v) is 10.6. The van der Waals surface area contributed by atoms with Crippen LogP contribution >= 0.6 is 11.6 Å². The summed E-state index contributed by atoms with van der Waals surface area (Å²) in [6, 6.07) is 1.62. The quantitative estimate of drug-likeness (QED) is 0.639. The molecule has 0 aliphatic carbocycles. The minimum absolute atomic E-state index is 0.196. The van der Waals surface area contributed by atoms with Gasteiger partial charge in [-0.1, -0.05) is 0 Å². The normalized spacial score (nSPS) is 20.0. The Morgan fingerprint density at radius 3 is 2.47 bits per heavy atom. The van der Waals surface area contributed by atoms with Crippen LogP contribution in [0.15, 0.2) is 18.3 Å². The lowest BCUT2D eigenvalue weighted by Crippen LogP contribution is -2.56. The van der Waals surface area contributed by atoms with Crippen molar-refractivity contribution < 1.29 is 32.2 Å². The van der Waals surface area contributed by atoms with Gasteiger partial charge in [-0.25, -0.2) is 9.78 Å². The number of aromatic nitrogens is 1. The Hall–Kier alpha value is -2.23. The van der Waals surface area contributed by atoms with E-state index in [4.69, 9.17) is 21.1 Å². The summed E-state index contributed by atoms with van der Waals surface area (Å²) in [5.41, 5.74) is -2.79. The van der Waals surface area contributed by atoms with Gasteiger partial charge in [0, 0.05) is 25.3 Å². The summed E-state index contributed by atoms with van der Waals surface area (Å²) in [5.74, 6) is -1.01.